The van der Waals surface area contributed by atoms with Gasteiger partial charge >= 0.3 is 0 Å². The molecule has 4 aromatic rings. The smallest absolute Gasteiger partial charge is 0.264 e. The fourth-order valence-corrected chi connectivity index (χ4v) is 5.48. The number of amides is 2. The van der Waals surface area contributed by atoms with Gasteiger partial charge < -0.3 is 10.1 Å². The summed E-state index contributed by atoms with van der Waals surface area (Å²) in [5.41, 5.74) is 4.68. The first-order valence-electron chi connectivity index (χ1n) is 12.6. The molecule has 4 aromatic carbocycles. The molecule has 2 N–H and O–H groups in total. The van der Waals surface area contributed by atoms with Crippen molar-refractivity contribution in [2.75, 3.05) is 22.8 Å². The number of carbonyl (C=O) groups is 2. The van der Waals surface area contributed by atoms with Crippen LogP contribution in [0, 0.1) is 6.92 Å². The van der Waals surface area contributed by atoms with E-state index in [0.29, 0.717) is 27.0 Å². The molecule has 4 rings (SSSR count). The van der Waals surface area contributed by atoms with Gasteiger partial charge in [0, 0.05) is 15.7 Å². The summed E-state index contributed by atoms with van der Waals surface area (Å²) in [6.07, 6.45) is 1.39. The molecular formula is C30H26Cl2N4O5S. The number of halogens is 2. The maximum atomic E-state index is 13.4. The van der Waals surface area contributed by atoms with E-state index in [1.54, 1.807) is 78.9 Å². The third kappa shape index (κ3) is 8.56. The van der Waals surface area contributed by atoms with Crippen molar-refractivity contribution in [1.82, 2.24) is 5.43 Å². The number of nitrogens with one attached hydrogen (secondary N) is 2. The standard InChI is InChI=1S/C30H26Cl2N4O5S/c1-21-8-14-28(15-9-21)42(39,40)36(26-7-3-5-24(32)17-26)19-29(37)35-33-18-22-10-12-27(13-11-22)41-20-30(38)34-25-6-2-4-23(31)16-25/h2-18H,19-20H2,1H3,(H,34,38)(H,35,37)/b33-18-. The van der Waals surface area contributed by atoms with Gasteiger partial charge in [-0.25, -0.2) is 13.8 Å². The molecule has 0 spiro atoms. The van der Waals surface area contributed by atoms with Gasteiger partial charge in [-0.2, -0.15) is 5.10 Å². The third-order valence-electron chi connectivity index (χ3n) is 5.75. The molecule has 0 aromatic heterocycles. The van der Waals surface area contributed by atoms with Crippen LogP contribution in [0.2, 0.25) is 10.0 Å². The molecule has 0 aliphatic heterocycles. The Bertz CT molecular complexity index is 1700. The Morgan fingerprint density at radius 3 is 2.21 bits per heavy atom. The average Bonchev–Trinajstić information content (AvgIpc) is 2.95. The maximum Gasteiger partial charge on any atom is 0.264 e. The van der Waals surface area contributed by atoms with Gasteiger partial charge in [0.2, 0.25) is 0 Å². The van der Waals surface area contributed by atoms with Crippen molar-refractivity contribution < 1.29 is 22.7 Å². The number of sulfonamides is 1. The zero-order valence-electron chi connectivity index (χ0n) is 22.3. The molecule has 0 unspecified atom stereocenters. The van der Waals surface area contributed by atoms with E-state index in [1.165, 1.54) is 24.4 Å². The number of nitrogens with zero attached hydrogens (tertiary/aromatic N) is 2. The number of anilines is 2. The molecule has 0 heterocycles. The van der Waals surface area contributed by atoms with Crippen LogP contribution in [0.5, 0.6) is 5.75 Å². The summed E-state index contributed by atoms with van der Waals surface area (Å²) in [4.78, 5) is 24.9. The number of hydrogen-bond donors (Lipinski definition) is 2. The Morgan fingerprint density at radius 2 is 1.55 bits per heavy atom. The second-order valence-corrected chi connectivity index (χ2v) is 11.7. The number of hydrogen-bond acceptors (Lipinski definition) is 6. The summed E-state index contributed by atoms with van der Waals surface area (Å²) in [5.74, 6) is -0.551. The average molecular weight is 626 g/mol. The number of aryl methyl sites for hydroxylation is 1. The molecule has 216 valence electrons. The number of rotatable bonds is 11. The van der Waals surface area contributed by atoms with E-state index in [2.05, 4.69) is 15.8 Å². The monoisotopic (exact) mass is 624 g/mol. The van der Waals surface area contributed by atoms with E-state index in [-0.39, 0.29) is 23.1 Å². The van der Waals surface area contributed by atoms with Crippen LogP contribution in [0.1, 0.15) is 11.1 Å². The lowest BCUT2D eigenvalue weighted by Crippen LogP contribution is -2.39. The van der Waals surface area contributed by atoms with E-state index in [4.69, 9.17) is 27.9 Å². The second-order valence-electron chi connectivity index (χ2n) is 9.01. The van der Waals surface area contributed by atoms with Crippen LogP contribution in [-0.4, -0.2) is 39.6 Å². The highest BCUT2D eigenvalue weighted by Gasteiger charge is 2.27. The maximum absolute atomic E-state index is 13.4. The zero-order chi connectivity index (χ0) is 30.1. The summed E-state index contributed by atoms with van der Waals surface area (Å²) >= 11 is 12.0. The van der Waals surface area contributed by atoms with Crippen LogP contribution in [0.15, 0.2) is 107 Å². The normalized spacial score (nSPS) is 11.2. The molecular weight excluding hydrogens is 599 g/mol. The van der Waals surface area contributed by atoms with Crippen LogP contribution in [0.3, 0.4) is 0 Å². The minimum atomic E-state index is -4.08. The summed E-state index contributed by atoms with van der Waals surface area (Å²) < 4.78 is 33.4. The van der Waals surface area contributed by atoms with Gasteiger partial charge in [0.25, 0.3) is 21.8 Å². The first-order chi connectivity index (χ1) is 20.1. The summed E-state index contributed by atoms with van der Waals surface area (Å²) in [6, 6.07) is 26.0. The van der Waals surface area contributed by atoms with Crippen molar-refractivity contribution >= 4 is 62.6 Å². The minimum Gasteiger partial charge on any atom is -0.484 e. The van der Waals surface area contributed by atoms with E-state index in [0.717, 1.165) is 9.87 Å². The van der Waals surface area contributed by atoms with Gasteiger partial charge in [-0.3, -0.25) is 13.9 Å². The zero-order valence-corrected chi connectivity index (χ0v) is 24.7. The molecule has 2 amide bonds. The van der Waals surface area contributed by atoms with E-state index in [9.17, 15) is 18.0 Å². The highest BCUT2D eigenvalue weighted by Crippen LogP contribution is 2.26. The molecule has 0 radical (unpaired) electrons. The number of carbonyl (C=O) groups excluding carboxylic acids is 2. The van der Waals surface area contributed by atoms with Crippen molar-refractivity contribution in [2.24, 2.45) is 5.10 Å². The van der Waals surface area contributed by atoms with Gasteiger partial charge in [0.05, 0.1) is 16.8 Å². The van der Waals surface area contributed by atoms with Crippen molar-refractivity contribution in [2.45, 2.75) is 11.8 Å². The molecule has 0 aliphatic carbocycles. The van der Waals surface area contributed by atoms with Crippen molar-refractivity contribution in [1.29, 1.82) is 0 Å². The predicted molar refractivity (Wildman–Crippen MR) is 165 cm³/mol. The quantitative estimate of drug-likeness (QED) is 0.165. The third-order valence-corrected chi connectivity index (χ3v) is 8.01. The van der Waals surface area contributed by atoms with Gasteiger partial charge in [-0.15, -0.1) is 0 Å². The van der Waals surface area contributed by atoms with E-state index < -0.39 is 22.5 Å². The molecule has 0 saturated heterocycles. The van der Waals surface area contributed by atoms with Crippen LogP contribution in [0.25, 0.3) is 0 Å². The molecule has 0 bridgehead atoms. The Labute approximate surface area is 253 Å². The molecule has 42 heavy (non-hydrogen) atoms. The Balaban J connectivity index is 1.35. The minimum absolute atomic E-state index is 0.0358. The molecule has 0 fully saturated rings. The first kappa shape index (κ1) is 30.6. The molecule has 12 heteroatoms. The Morgan fingerprint density at radius 1 is 0.881 bits per heavy atom. The fraction of sp³-hybridized carbons (Fsp3) is 0.100. The van der Waals surface area contributed by atoms with Gasteiger partial charge in [-0.1, -0.05) is 53.0 Å². The van der Waals surface area contributed by atoms with Crippen LogP contribution < -0.4 is 19.8 Å². The Hall–Kier alpha value is -4.38. The first-order valence-corrected chi connectivity index (χ1v) is 14.7. The Kier molecular flexibility index (Phi) is 10.2. The SMILES string of the molecule is Cc1ccc(S(=O)(=O)N(CC(=O)N/N=C\c2ccc(OCC(=O)Nc3cccc(Cl)c3)cc2)c2cccc(Cl)c2)cc1. The van der Waals surface area contributed by atoms with Crippen molar-refractivity contribution in [3.63, 3.8) is 0 Å². The van der Waals surface area contributed by atoms with Crippen molar-refractivity contribution in [3.8, 4) is 5.75 Å². The van der Waals surface area contributed by atoms with Gasteiger partial charge in [-0.05, 0) is 85.3 Å². The molecule has 9 nitrogen and oxygen atoms in total. The van der Waals surface area contributed by atoms with Gasteiger partial charge in [0.15, 0.2) is 6.61 Å². The highest BCUT2D eigenvalue weighted by molar-refractivity contribution is 7.92. The van der Waals surface area contributed by atoms with E-state index in [1.807, 2.05) is 6.92 Å². The molecule has 0 saturated carbocycles. The highest BCUT2D eigenvalue weighted by atomic mass is 35.5. The van der Waals surface area contributed by atoms with E-state index >= 15 is 0 Å². The lowest BCUT2D eigenvalue weighted by Gasteiger charge is -2.24. The van der Waals surface area contributed by atoms with Crippen LogP contribution in [-0.2, 0) is 19.6 Å². The summed E-state index contributed by atoms with van der Waals surface area (Å²) in [7, 11) is -4.08. The summed E-state index contributed by atoms with van der Waals surface area (Å²) in [5, 5.41) is 7.47. The lowest BCUT2D eigenvalue weighted by atomic mass is 10.2. The van der Waals surface area contributed by atoms with Gasteiger partial charge in [0.1, 0.15) is 12.3 Å². The largest absolute Gasteiger partial charge is 0.484 e. The fourth-order valence-electron chi connectivity index (χ4n) is 3.69. The van der Waals surface area contributed by atoms with Crippen LogP contribution in [0.4, 0.5) is 11.4 Å². The van der Waals surface area contributed by atoms with Crippen LogP contribution >= 0.6 is 23.2 Å². The predicted octanol–water partition coefficient (Wildman–Crippen LogP) is 5.66. The molecule has 0 atom stereocenters. The molecule has 0 aliphatic rings. The second kappa shape index (κ2) is 14.0. The van der Waals surface area contributed by atoms with Crippen molar-refractivity contribution in [3.05, 3.63) is 118 Å². The lowest BCUT2D eigenvalue weighted by molar-refractivity contribution is -0.119. The number of hydrazone groups is 1. The topological polar surface area (TPSA) is 117 Å². The number of benzene rings is 4. The number of ether oxygens (including phenoxy) is 1. The summed E-state index contributed by atoms with van der Waals surface area (Å²) in [6.45, 7) is 1.11.